The average molecular weight is 345 g/mol. The number of para-hydroxylation sites is 2. The summed E-state index contributed by atoms with van der Waals surface area (Å²) in [5, 5.41) is 22.0. The molecule has 0 amide bonds. The molecule has 0 saturated carbocycles. The van der Waals surface area contributed by atoms with Crippen molar-refractivity contribution >= 4 is 27.4 Å². The Labute approximate surface area is 149 Å². The summed E-state index contributed by atoms with van der Waals surface area (Å²) in [5.74, 6) is 0.840. The highest BCUT2D eigenvalue weighted by Crippen LogP contribution is 2.43. The topological polar surface area (TPSA) is 88.3 Å². The molecule has 0 spiro atoms. The summed E-state index contributed by atoms with van der Waals surface area (Å²) >= 11 is 1.70. The molecule has 1 aliphatic rings. The van der Waals surface area contributed by atoms with Crippen molar-refractivity contribution in [2.75, 3.05) is 5.32 Å². The van der Waals surface area contributed by atoms with Gasteiger partial charge < -0.3 is 10.3 Å². The predicted octanol–water partition coefficient (Wildman–Crippen LogP) is 4.51. The van der Waals surface area contributed by atoms with E-state index in [4.69, 9.17) is 15.5 Å². The Morgan fingerprint density at radius 2 is 2.00 bits per heavy atom. The minimum absolute atomic E-state index is 0.0573. The van der Waals surface area contributed by atoms with E-state index < -0.39 is 0 Å². The molecule has 5 nitrogen and oxygen atoms in total. The number of aryl methyl sites for hydroxylation is 1. The molecule has 0 radical (unpaired) electrons. The Morgan fingerprint density at radius 3 is 2.80 bits per heavy atom. The highest BCUT2D eigenvalue weighted by molar-refractivity contribution is 7.17. The van der Waals surface area contributed by atoms with Crippen molar-refractivity contribution in [2.24, 2.45) is 0 Å². The van der Waals surface area contributed by atoms with Gasteiger partial charge in [0.05, 0.1) is 16.6 Å². The van der Waals surface area contributed by atoms with Crippen molar-refractivity contribution < 1.29 is 0 Å². The number of hydrogen-bond donors (Lipinski definition) is 2. The second kappa shape index (κ2) is 6.43. The van der Waals surface area contributed by atoms with Gasteiger partial charge in [0, 0.05) is 11.1 Å². The lowest BCUT2D eigenvalue weighted by molar-refractivity contribution is 0.698. The fourth-order valence-corrected chi connectivity index (χ4v) is 4.48. The molecule has 2 heterocycles. The summed E-state index contributed by atoms with van der Waals surface area (Å²) in [6.07, 6.45) is 5.95. The Balaban J connectivity index is 1.85. The highest BCUT2D eigenvalue weighted by atomic mass is 32.1. The van der Waals surface area contributed by atoms with Gasteiger partial charge in [-0.05, 0) is 43.4 Å². The zero-order valence-electron chi connectivity index (χ0n) is 13.5. The number of benzene rings is 1. The smallest absolute Gasteiger partial charge is 0.145 e. The number of hydrogen-bond acceptors (Lipinski definition) is 5. The molecule has 0 fully saturated rings. The number of rotatable bonds is 3. The molecule has 0 bridgehead atoms. The third-order valence-electron chi connectivity index (χ3n) is 4.39. The molecule has 25 heavy (non-hydrogen) atoms. The third-order valence-corrected chi connectivity index (χ3v) is 5.61. The van der Waals surface area contributed by atoms with Crippen LogP contribution in [0.25, 0.3) is 22.4 Å². The number of fused-ring (bicyclic) bond motifs is 2. The molecule has 122 valence electrons. The molecule has 1 aliphatic carbocycles. The molecule has 0 saturated heterocycles. The summed E-state index contributed by atoms with van der Waals surface area (Å²) < 4.78 is 0. The lowest BCUT2D eigenvalue weighted by atomic mass is 9.95. The lowest BCUT2D eigenvalue weighted by Crippen LogP contribution is -2.00. The molecule has 0 atom stereocenters. The van der Waals surface area contributed by atoms with Gasteiger partial charge in [-0.25, -0.2) is 4.98 Å². The minimum atomic E-state index is 0.0573. The summed E-state index contributed by atoms with van der Waals surface area (Å²) in [6.45, 7) is 0. The van der Waals surface area contributed by atoms with E-state index in [-0.39, 0.29) is 5.57 Å². The van der Waals surface area contributed by atoms with Crippen molar-refractivity contribution in [3.63, 3.8) is 0 Å². The fraction of sp³-hybridized carbons (Fsp3) is 0.211. The summed E-state index contributed by atoms with van der Waals surface area (Å²) in [6, 6.07) is 11.7. The molecular weight excluding hydrogens is 330 g/mol. The largest absolute Gasteiger partial charge is 0.351 e. The van der Waals surface area contributed by atoms with E-state index in [1.165, 1.54) is 29.5 Å². The van der Waals surface area contributed by atoms with Crippen LogP contribution in [0.3, 0.4) is 0 Å². The van der Waals surface area contributed by atoms with Gasteiger partial charge in [-0.2, -0.15) is 10.5 Å². The zero-order valence-corrected chi connectivity index (χ0v) is 14.3. The molecular formula is C19H15N5S. The van der Waals surface area contributed by atoms with Crippen molar-refractivity contribution in [1.82, 2.24) is 9.97 Å². The van der Waals surface area contributed by atoms with Crippen LogP contribution < -0.4 is 5.32 Å². The van der Waals surface area contributed by atoms with Gasteiger partial charge in [-0.15, -0.1) is 11.3 Å². The first-order chi connectivity index (χ1) is 12.3. The van der Waals surface area contributed by atoms with Crippen molar-refractivity contribution in [2.45, 2.75) is 25.7 Å². The van der Waals surface area contributed by atoms with Crippen molar-refractivity contribution in [1.29, 1.82) is 10.5 Å². The quantitative estimate of drug-likeness (QED) is 0.683. The van der Waals surface area contributed by atoms with Crippen LogP contribution in [-0.4, -0.2) is 9.97 Å². The normalized spacial score (nSPS) is 12.9. The number of nitriles is 2. The number of nitrogens with zero attached hydrogens (tertiary/aromatic N) is 3. The molecule has 3 aromatic rings. The van der Waals surface area contributed by atoms with E-state index in [0.29, 0.717) is 0 Å². The van der Waals surface area contributed by atoms with Crippen LogP contribution in [0.15, 0.2) is 36.0 Å². The summed E-state index contributed by atoms with van der Waals surface area (Å²) in [7, 11) is 0. The highest BCUT2D eigenvalue weighted by Gasteiger charge is 2.23. The maximum Gasteiger partial charge on any atom is 0.145 e. The van der Waals surface area contributed by atoms with Crippen molar-refractivity contribution in [3.8, 4) is 23.5 Å². The van der Waals surface area contributed by atoms with Crippen LogP contribution in [0.2, 0.25) is 0 Å². The number of anilines is 1. The van der Waals surface area contributed by atoms with Gasteiger partial charge in [0.2, 0.25) is 0 Å². The van der Waals surface area contributed by atoms with Gasteiger partial charge in [-0.3, -0.25) is 0 Å². The lowest BCUT2D eigenvalue weighted by Gasteiger charge is -2.11. The molecule has 4 rings (SSSR count). The van der Waals surface area contributed by atoms with E-state index in [0.717, 1.165) is 40.3 Å². The Bertz CT molecular complexity index is 1010. The SMILES string of the molecule is N#CC(C#N)=CNc1sc2c(c1-c1nc3ccccc3[nH]1)CCCC2. The molecule has 0 unspecified atom stereocenters. The summed E-state index contributed by atoms with van der Waals surface area (Å²) in [5.41, 5.74) is 4.40. The third kappa shape index (κ3) is 2.77. The maximum atomic E-state index is 8.95. The van der Waals surface area contributed by atoms with Gasteiger partial charge in [0.15, 0.2) is 0 Å². The van der Waals surface area contributed by atoms with Crippen LogP contribution in [-0.2, 0) is 12.8 Å². The number of imidazole rings is 1. The second-order valence-electron chi connectivity index (χ2n) is 5.94. The predicted molar refractivity (Wildman–Crippen MR) is 99.0 cm³/mol. The molecule has 0 aliphatic heterocycles. The van der Waals surface area contributed by atoms with Crippen LogP contribution in [0.1, 0.15) is 23.3 Å². The molecule has 2 aromatic heterocycles. The Hall–Kier alpha value is -3.09. The number of allylic oxidation sites excluding steroid dienone is 1. The molecule has 6 heteroatoms. The standard InChI is InChI=1S/C19H15N5S/c20-9-12(10-21)11-22-19-17(13-5-1-4-8-16(13)25-19)18-23-14-6-2-3-7-15(14)24-18/h2-3,6-7,11,22H,1,4-5,8H2,(H,23,24). The minimum Gasteiger partial charge on any atom is -0.351 e. The van der Waals surface area contributed by atoms with E-state index in [1.807, 2.05) is 36.4 Å². The van der Waals surface area contributed by atoms with Crippen LogP contribution in [0, 0.1) is 22.7 Å². The number of aromatic amines is 1. The van der Waals surface area contributed by atoms with Gasteiger partial charge in [-0.1, -0.05) is 12.1 Å². The van der Waals surface area contributed by atoms with Gasteiger partial charge >= 0.3 is 0 Å². The van der Waals surface area contributed by atoms with Crippen LogP contribution in [0.5, 0.6) is 0 Å². The fourth-order valence-electron chi connectivity index (χ4n) is 3.22. The first-order valence-corrected chi connectivity index (χ1v) is 8.98. The maximum absolute atomic E-state index is 8.95. The van der Waals surface area contributed by atoms with Gasteiger partial charge in [0.1, 0.15) is 28.5 Å². The first-order valence-electron chi connectivity index (χ1n) is 8.16. The van der Waals surface area contributed by atoms with Gasteiger partial charge in [0.25, 0.3) is 0 Å². The average Bonchev–Trinajstić information content (AvgIpc) is 3.23. The van der Waals surface area contributed by atoms with E-state index in [9.17, 15) is 0 Å². The zero-order chi connectivity index (χ0) is 17.2. The number of thiophene rings is 1. The Kier molecular flexibility index (Phi) is 3.97. The number of aromatic nitrogens is 2. The van der Waals surface area contributed by atoms with Crippen LogP contribution in [0.4, 0.5) is 5.00 Å². The molecule has 2 N–H and O–H groups in total. The number of nitrogens with one attached hydrogen (secondary N) is 2. The number of H-pyrrole nitrogens is 1. The summed E-state index contributed by atoms with van der Waals surface area (Å²) in [4.78, 5) is 9.53. The molecule has 1 aromatic carbocycles. The first kappa shape index (κ1) is 15.4. The van der Waals surface area contributed by atoms with Crippen molar-refractivity contribution in [3.05, 3.63) is 46.5 Å². The monoisotopic (exact) mass is 345 g/mol. The van der Waals surface area contributed by atoms with E-state index in [1.54, 1.807) is 11.3 Å². The van der Waals surface area contributed by atoms with Crippen LogP contribution >= 0.6 is 11.3 Å². The van der Waals surface area contributed by atoms with E-state index in [2.05, 4.69) is 10.3 Å². The Morgan fingerprint density at radius 1 is 1.20 bits per heavy atom. The van der Waals surface area contributed by atoms with E-state index >= 15 is 0 Å². The second-order valence-corrected chi connectivity index (χ2v) is 7.05.